The van der Waals surface area contributed by atoms with E-state index in [0.717, 1.165) is 11.1 Å². The van der Waals surface area contributed by atoms with Crippen LogP contribution in [0, 0.1) is 11.3 Å². The number of primary amides is 1. The molecule has 1 fully saturated rings. The average Bonchev–Trinajstić information content (AvgIpc) is 3.07. The molecule has 28 heavy (non-hydrogen) atoms. The number of Topliss-reactive ketones (excluding diaryl/α,β-unsaturated/α-hetero) is 1. The van der Waals surface area contributed by atoms with Crippen LogP contribution in [0.5, 0.6) is 0 Å². The quantitative estimate of drug-likeness (QED) is 0.589. The summed E-state index contributed by atoms with van der Waals surface area (Å²) in [6.07, 6.45) is 1.26. The van der Waals surface area contributed by atoms with Crippen LogP contribution in [0.4, 0.5) is 0 Å². The maximum absolute atomic E-state index is 13.0. The van der Waals surface area contributed by atoms with Crippen LogP contribution in [0.2, 0.25) is 0 Å². The molecular weight excluding hydrogens is 354 g/mol. The summed E-state index contributed by atoms with van der Waals surface area (Å²) in [5, 5.41) is 9.17. The van der Waals surface area contributed by atoms with E-state index in [1.165, 1.54) is 0 Å². The van der Waals surface area contributed by atoms with E-state index < -0.39 is 17.7 Å². The van der Waals surface area contributed by atoms with Crippen molar-refractivity contribution in [2.75, 3.05) is 6.54 Å². The number of carbonyl (C=O) groups is 3. The van der Waals surface area contributed by atoms with E-state index in [9.17, 15) is 14.4 Å². The van der Waals surface area contributed by atoms with E-state index in [2.05, 4.69) is 6.07 Å². The summed E-state index contributed by atoms with van der Waals surface area (Å²) in [6.45, 7) is 0.719. The van der Waals surface area contributed by atoms with E-state index >= 15 is 0 Å². The van der Waals surface area contributed by atoms with Crippen molar-refractivity contribution in [3.8, 4) is 6.07 Å². The molecule has 6 nitrogen and oxygen atoms in total. The zero-order valence-corrected chi connectivity index (χ0v) is 15.5. The van der Waals surface area contributed by atoms with Gasteiger partial charge in [-0.25, -0.2) is 9.28 Å². The molecule has 1 heterocycles. The molecule has 0 bridgehead atoms. The number of hydrogen-bond acceptors (Lipinski definition) is 4. The van der Waals surface area contributed by atoms with Crippen LogP contribution < -0.4 is 5.73 Å². The Balaban J connectivity index is 2.04. The smallest absolute Gasteiger partial charge is 0.314 e. The largest absolute Gasteiger partial charge is 0.363 e. The van der Waals surface area contributed by atoms with Crippen LogP contribution in [0.25, 0.3) is 0 Å². The third kappa shape index (κ3) is 3.85. The predicted molar refractivity (Wildman–Crippen MR) is 102 cm³/mol. The lowest BCUT2D eigenvalue weighted by molar-refractivity contribution is -0.875. The van der Waals surface area contributed by atoms with Crippen LogP contribution in [0.15, 0.2) is 54.6 Å². The van der Waals surface area contributed by atoms with E-state index in [4.69, 9.17) is 11.0 Å². The van der Waals surface area contributed by atoms with Gasteiger partial charge in [0.15, 0.2) is 6.04 Å². The lowest BCUT2D eigenvalue weighted by Crippen LogP contribution is -2.61. The number of carbonyl (C=O) groups excluding carboxylic acids is 3. The number of amides is 2. The molecule has 142 valence electrons. The summed E-state index contributed by atoms with van der Waals surface area (Å²) in [4.78, 5) is 37.6. The van der Waals surface area contributed by atoms with Gasteiger partial charge in [0.25, 0.3) is 11.7 Å². The first-order valence-corrected chi connectivity index (χ1v) is 9.23. The molecule has 2 N–H and O–H groups in total. The average molecular weight is 376 g/mol. The number of nitriles is 1. The number of quaternary nitrogens is 1. The molecular formula is C22H22N3O3+. The molecule has 2 amide bonds. The molecule has 2 atom stereocenters. The van der Waals surface area contributed by atoms with Gasteiger partial charge in [-0.2, -0.15) is 5.26 Å². The lowest BCUT2D eigenvalue weighted by atomic mass is 9.96. The van der Waals surface area contributed by atoms with Gasteiger partial charge in [0, 0.05) is 18.4 Å². The Morgan fingerprint density at radius 1 is 1.11 bits per heavy atom. The topological polar surface area (TPSA) is 101 Å². The molecule has 1 aliphatic rings. The second-order valence-corrected chi connectivity index (χ2v) is 7.16. The number of likely N-dealkylation sites (tertiary alicyclic amines) is 1. The van der Waals surface area contributed by atoms with Gasteiger partial charge in [0.05, 0.1) is 24.6 Å². The number of rotatable bonds is 7. The predicted octanol–water partition coefficient (Wildman–Crippen LogP) is 1.86. The van der Waals surface area contributed by atoms with E-state index in [-0.39, 0.29) is 23.4 Å². The third-order valence-corrected chi connectivity index (χ3v) is 5.38. The molecule has 2 aromatic carbocycles. The molecule has 0 aromatic heterocycles. The minimum absolute atomic E-state index is 0.0714. The molecule has 1 saturated heterocycles. The zero-order valence-electron chi connectivity index (χ0n) is 15.5. The van der Waals surface area contributed by atoms with Crippen LogP contribution in [0.1, 0.15) is 29.5 Å². The number of nitrogens with zero attached hydrogens (tertiary/aromatic N) is 2. The monoisotopic (exact) mass is 376 g/mol. The van der Waals surface area contributed by atoms with Crippen molar-refractivity contribution < 1.29 is 18.9 Å². The van der Waals surface area contributed by atoms with E-state index in [1.54, 1.807) is 18.2 Å². The maximum Gasteiger partial charge on any atom is 0.314 e. The van der Waals surface area contributed by atoms with Crippen molar-refractivity contribution in [3.63, 3.8) is 0 Å². The maximum atomic E-state index is 13.0. The highest BCUT2D eigenvalue weighted by Gasteiger charge is 2.51. The van der Waals surface area contributed by atoms with Gasteiger partial charge in [-0.15, -0.1) is 0 Å². The van der Waals surface area contributed by atoms with Gasteiger partial charge < -0.3 is 5.73 Å². The van der Waals surface area contributed by atoms with Crippen LogP contribution >= 0.6 is 0 Å². The number of ketones is 1. The van der Waals surface area contributed by atoms with E-state index in [1.807, 2.05) is 36.4 Å². The minimum Gasteiger partial charge on any atom is -0.363 e. The van der Waals surface area contributed by atoms with Crippen molar-refractivity contribution in [2.24, 2.45) is 5.73 Å². The summed E-state index contributed by atoms with van der Waals surface area (Å²) in [5.74, 6) is -1.82. The number of nitrogens with two attached hydrogens (primary N) is 1. The van der Waals surface area contributed by atoms with Crippen LogP contribution in [0.3, 0.4) is 0 Å². The number of hydrogen-bond donors (Lipinski definition) is 1. The zero-order chi connectivity index (χ0) is 20.1. The Morgan fingerprint density at radius 3 is 2.43 bits per heavy atom. The number of benzene rings is 2. The molecule has 0 saturated carbocycles. The Hall–Kier alpha value is -3.30. The Kier molecular flexibility index (Phi) is 5.67. The summed E-state index contributed by atoms with van der Waals surface area (Å²) in [7, 11) is 0. The lowest BCUT2D eigenvalue weighted by Gasteiger charge is -2.38. The molecule has 0 radical (unpaired) electrons. The second-order valence-electron chi connectivity index (χ2n) is 7.16. The van der Waals surface area contributed by atoms with Crippen molar-refractivity contribution >= 4 is 17.6 Å². The van der Waals surface area contributed by atoms with Crippen LogP contribution in [-0.4, -0.2) is 34.7 Å². The van der Waals surface area contributed by atoms with Gasteiger partial charge in [-0.3, -0.25) is 9.59 Å². The molecule has 1 unspecified atom stereocenters. The Bertz CT molecular complexity index is 949. The second kappa shape index (κ2) is 8.15. The summed E-state index contributed by atoms with van der Waals surface area (Å²) >= 11 is 0. The summed E-state index contributed by atoms with van der Waals surface area (Å²) < 4.78 is -0.133. The first-order chi connectivity index (χ1) is 13.5. The van der Waals surface area contributed by atoms with Gasteiger partial charge >= 0.3 is 5.91 Å². The molecule has 3 rings (SSSR count). The molecule has 2 aromatic rings. The van der Waals surface area contributed by atoms with Crippen molar-refractivity contribution in [1.82, 2.24) is 0 Å². The fraction of sp³-hybridized carbons (Fsp3) is 0.273. The highest BCUT2D eigenvalue weighted by Crippen LogP contribution is 2.31. The van der Waals surface area contributed by atoms with E-state index in [0.29, 0.717) is 24.9 Å². The van der Waals surface area contributed by atoms with Gasteiger partial charge in [0.2, 0.25) is 0 Å². The highest BCUT2D eigenvalue weighted by molar-refractivity contribution is 6.37. The first-order valence-electron chi connectivity index (χ1n) is 9.23. The molecule has 0 spiro atoms. The molecule has 0 aliphatic carbocycles. The van der Waals surface area contributed by atoms with Crippen molar-refractivity contribution in [3.05, 3.63) is 71.3 Å². The van der Waals surface area contributed by atoms with Crippen molar-refractivity contribution in [2.45, 2.75) is 31.8 Å². The van der Waals surface area contributed by atoms with Crippen LogP contribution in [-0.2, 0) is 27.3 Å². The van der Waals surface area contributed by atoms with Gasteiger partial charge in [0.1, 0.15) is 6.54 Å². The van der Waals surface area contributed by atoms with Crippen molar-refractivity contribution in [1.29, 1.82) is 5.26 Å². The van der Waals surface area contributed by atoms with Gasteiger partial charge in [-0.05, 0) is 17.7 Å². The molecule has 1 aliphatic heterocycles. The first kappa shape index (κ1) is 19.5. The van der Waals surface area contributed by atoms with Gasteiger partial charge in [-0.1, -0.05) is 42.5 Å². The highest BCUT2D eigenvalue weighted by atomic mass is 16.2. The molecule has 6 heteroatoms. The summed E-state index contributed by atoms with van der Waals surface area (Å²) in [6, 6.07) is 17.5. The minimum atomic E-state index is -1.02. The normalized spacial score (nSPS) is 19.8. The Labute approximate surface area is 163 Å². The third-order valence-electron chi connectivity index (χ3n) is 5.38. The fourth-order valence-electron chi connectivity index (χ4n) is 4.03. The Morgan fingerprint density at radius 2 is 1.82 bits per heavy atom. The summed E-state index contributed by atoms with van der Waals surface area (Å²) in [5.41, 5.74) is 7.49. The SMILES string of the molecule is N#Cc1cccc(C[N+]2([C@H](Cc3ccccc3)C(=O)C(N)=O)CCCC2=O)c1. The fourth-order valence-corrected chi connectivity index (χ4v) is 4.03. The standard InChI is InChI=1S/C22H21N3O3/c23-14-17-8-4-9-18(12-17)15-25(11-5-10-20(25)26)19(21(27)22(24)28)13-16-6-2-1-3-7-16/h1-4,6-9,12,19H,5,10-11,13,15H2,(H-,24,28)/p+1/t19-,25?/m1/s1.